The molecule has 2 aromatic heterocycles. The Balaban J connectivity index is 1.66. The lowest BCUT2D eigenvalue weighted by Gasteiger charge is -2.10. The van der Waals surface area contributed by atoms with Gasteiger partial charge in [0.15, 0.2) is 5.82 Å². The minimum absolute atomic E-state index is 0.260. The number of methoxy groups -OCH3 is 1. The van der Waals surface area contributed by atoms with E-state index in [1.54, 1.807) is 31.2 Å². The van der Waals surface area contributed by atoms with Crippen LogP contribution in [0.4, 0.5) is 16.0 Å². The average Bonchev–Trinajstić information content (AvgIpc) is 3.29. The molecule has 0 bridgehead atoms. The second kappa shape index (κ2) is 7.56. The summed E-state index contributed by atoms with van der Waals surface area (Å²) in [5.74, 6) is 1.25. The quantitative estimate of drug-likeness (QED) is 0.522. The van der Waals surface area contributed by atoms with Crippen LogP contribution in [0, 0.1) is 12.7 Å². The topological polar surface area (TPSA) is 69.8 Å². The summed E-state index contributed by atoms with van der Waals surface area (Å²) in [6, 6.07) is 9.83. The van der Waals surface area contributed by atoms with Gasteiger partial charge in [0.1, 0.15) is 11.6 Å². The standard InChI is InChI=1S/C20H18ClFN6O/c1-12-10-28(11-23-12)17-7-4-13(8-18(17)29-3)19-25-20(27(2)26-19)24-16-6-5-14(22)9-15(16)21/h4-11H,1-3H3,(H,24,25,26). The van der Waals surface area contributed by atoms with Crippen molar-refractivity contribution in [1.29, 1.82) is 0 Å². The SMILES string of the molecule is COc1cc(-c2nc(Nc3ccc(F)cc3Cl)n(C)n2)ccc1-n1cnc(C)c1. The van der Waals surface area contributed by atoms with E-state index in [0.29, 0.717) is 23.2 Å². The minimum atomic E-state index is -0.403. The van der Waals surface area contributed by atoms with Crippen LogP contribution < -0.4 is 10.1 Å². The Labute approximate surface area is 171 Å². The molecule has 9 heteroatoms. The average molecular weight is 413 g/mol. The molecule has 0 amide bonds. The highest BCUT2D eigenvalue weighted by Crippen LogP contribution is 2.30. The van der Waals surface area contributed by atoms with Gasteiger partial charge in [0.25, 0.3) is 0 Å². The van der Waals surface area contributed by atoms with Crippen LogP contribution in [-0.2, 0) is 7.05 Å². The van der Waals surface area contributed by atoms with Gasteiger partial charge in [-0.15, -0.1) is 5.10 Å². The summed E-state index contributed by atoms with van der Waals surface area (Å²) < 4.78 is 22.3. The number of halogens is 2. The van der Waals surface area contributed by atoms with E-state index in [4.69, 9.17) is 16.3 Å². The Morgan fingerprint density at radius 1 is 1.17 bits per heavy atom. The molecule has 0 atom stereocenters. The molecule has 0 radical (unpaired) electrons. The number of hydrogen-bond acceptors (Lipinski definition) is 5. The number of rotatable bonds is 5. The number of imidazole rings is 1. The van der Waals surface area contributed by atoms with E-state index in [9.17, 15) is 4.39 Å². The first kappa shape index (κ1) is 18.9. The molecular formula is C20H18ClFN6O. The number of nitrogens with zero attached hydrogens (tertiary/aromatic N) is 5. The maximum Gasteiger partial charge on any atom is 0.225 e. The molecule has 0 aliphatic rings. The molecule has 0 fully saturated rings. The number of hydrogen-bond donors (Lipinski definition) is 1. The van der Waals surface area contributed by atoms with Gasteiger partial charge in [0, 0.05) is 18.8 Å². The van der Waals surface area contributed by atoms with Gasteiger partial charge in [-0.25, -0.2) is 14.1 Å². The highest BCUT2D eigenvalue weighted by atomic mass is 35.5. The zero-order chi connectivity index (χ0) is 20.5. The molecule has 0 aliphatic heterocycles. The fraction of sp³-hybridized carbons (Fsp3) is 0.150. The highest BCUT2D eigenvalue weighted by Gasteiger charge is 2.14. The lowest BCUT2D eigenvalue weighted by Crippen LogP contribution is -2.00. The molecular weight excluding hydrogens is 395 g/mol. The van der Waals surface area contributed by atoms with E-state index >= 15 is 0 Å². The second-order valence-corrected chi connectivity index (χ2v) is 6.85. The zero-order valence-corrected chi connectivity index (χ0v) is 16.8. The van der Waals surface area contributed by atoms with Gasteiger partial charge in [-0.2, -0.15) is 4.98 Å². The molecule has 0 saturated heterocycles. The highest BCUT2D eigenvalue weighted by molar-refractivity contribution is 6.33. The van der Waals surface area contributed by atoms with Crippen LogP contribution in [-0.4, -0.2) is 31.4 Å². The number of nitrogens with one attached hydrogen (secondary N) is 1. The van der Waals surface area contributed by atoms with Crippen molar-refractivity contribution in [3.63, 3.8) is 0 Å². The zero-order valence-electron chi connectivity index (χ0n) is 16.0. The third-order valence-corrected chi connectivity index (χ3v) is 4.68. The predicted octanol–water partition coefficient (Wildman–Crippen LogP) is 4.52. The minimum Gasteiger partial charge on any atom is -0.495 e. The van der Waals surface area contributed by atoms with Gasteiger partial charge in [0.05, 0.1) is 35.5 Å². The van der Waals surface area contributed by atoms with Crippen LogP contribution in [0.15, 0.2) is 48.9 Å². The van der Waals surface area contributed by atoms with Gasteiger partial charge in [0.2, 0.25) is 5.95 Å². The van der Waals surface area contributed by atoms with Crippen molar-refractivity contribution in [2.24, 2.45) is 7.05 Å². The molecule has 2 heterocycles. The van der Waals surface area contributed by atoms with Crippen LogP contribution in [0.3, 0.4) is 0 Å². The van der Waals surface area contributed by atoms with E-state index in [0.717, 1.165) is 16.9 Å². The van der Waals surface area contributed by atoms with Crippen molar-refractivity contribution in [1.82, 2.24) is 24.3 Å². The predicted molar refractivity (Wildman–Crippen MR) is 110 cm³/mol. The first-order valence-electron chi connectivity index (χ1n) is 8.77. The molecule has 0 aliphatic carbocycles. The Kier molecular flexibility index (Phi) is 4.94. The van der Waals surface area contributed by atoms with E-state index in [1.165, 1.54) is 12.1 Å². The van der Waals surface area contributed by atoms with Crippen molar-refractivity contribution in [2.45, 2.75) is 6.92 Å². The van der Waals surface area contributed by atoms with Gasteiger partial charge < -0.3 is 14.6 Å². The van der Waals surface area contributed by atoms with Gasteiger partial charge in [-0.1, -0.05) is 11.6 Å². The molecule has 4 aromatic rings. The largest absolute Gasteiger partial charge is 0.495 e. The summed E-state index contributed by atoms with van der Waals surface area (Å²) in [5, 5.41) is 7.79. The van der Waals surface area contributed by atoms with Crippen molar-refractivity contribution >= 4 is 23.2 Å². The Hall–Kier alpha value is -3.39. The third kappa shape index (κ3) is 3.79. The lowest BCUT2D eigenvalue weighted by molar-refractivity contribution is 0.413. The van der Waals surface area contributed by atoms with E-state index < -0.39 is 5.82 Å². The Morgan fingerprint density at radius 3 is 2.69 bits per heavy atom. The normalized spacial score (nSPS) is 10.9. The first-order chi connectivity index (χ1) is 13.9. The second-order valence-electron chi connectivity index (χ2n) is 6.44. The fourth-order valence-electron chi connectivity index (χ4n) is 2.91. The molecule has 7 nitrogen and oxygen atoms in total. The van der Waals surface area contributed by atoms with Crippen molar-refractivity contribution in [2.75, 3.05) is 12.4 Å². The summed E-state index contributed by atoms with van der Waals surface area (Å²) in [7, 11) is 3.37. The van der Waals surface area contributed by atoms with Gasteiger partial charge >= 0.3 is 0 Å². The van der Waals surface area contributed by atoms with Crippen molar-refractivity contribution in [3.05, 3.63) is 65.5 Å². The monoisotopic (exact) mass is 412 g/mol. The number of aromatic nitrogens is 5. The summed E-state index contributed by atoms with van der Waals surface area (Å²) in [5.41, 5.74) is 3.11. The van der Waals surface area contributed by atoms with Gasteiger partial charge in [-0.3, -0.25) is 0 Å². The van der Waals surface area contributed by atoms with Crippen LogP contribution in [0.2, 0.25) is 5.02 Å². The summed E-state index contributed by atoms with van der Waals surface area (Å²) in [4.78, 5) is 8.79. The summed E-state index contributed by atoms with van der Waals surface area (Å²) in [6.45, 7) is 1.93. The third-order valence-electron chi connectivity index (χ3n) is 4.37. The number of ether oxygens (including phenoxy) is 1. The summed E-state index contributed by atoms with van der Waals surface area (Å²) in [6.07, 6.45) is 3.66. The first-order valence-corrected chi connectivity index (χ1v) is 9.15. The van der Waals surface area contributed by atoms with Crippen molar-refractivity contribution < 1.29 is 9.13 Å². The number of benzene rings is 2. The molecule has 0 unspecified atom stereocenters. The van der Waals surface area contributed by atoms with Crippen LogP contribution in [0.25, 0.3) is 17.1 Å². The molecule has 1 N–H and O–H groups in total. The van der Waals surface area contributed by atoms with Crippen LogP contribution in [0.1, 0.15) is 5.69 Å². The molecule has 0 spiro atoms. The summed E-state index contributed by atoms with van der Waals surface area (Å²) >= 11 is 6.09. The molecule has 4 rings (SSSR count). The van der Waals surface area contributed by atoms with E-state index in [1.807, 2.05) is 35.9 Å². The van der Waals surface area contributed by atoms with Crippen LogP contribution >= 0.6 is 11.6 Å². The lowest BCUT2D eigenvalue weighted by atomic mass is 10.1. The number of aryl methyl sites for hydroxylation is 2. The molecule has 2 aromatic carbocycles. The smallest absolute Gasteiger partial charge is 0.225 e. The van der Waals surface area contributed by atoms with E-state index in [-0.39, 0.29) is 5.02 Å². The Morgan fingerprint density at radius 2 is 2.00 bits per heavy atom. The van der Waals surface area contributed by atoms with Crippen LogP contribution in [0.5, 0.6) is 5.75 Å². The molecule has 29 heavy (non-hydrogen) atoms. The number of anilines is 2. The fourth-order valence-corrected chi connectivity index (χ4v) is 3.12. The molecule has 148 valence electrons. The van der Waals surface area contributed by atoms with Crippen molar-refractivity contribution in [3.8, 4) is 22.8 Å². The maximum atomic E-state index is 13.3. The Bertz CT molecular complexity index is 1190. The van der Waals surface area contributed by atoms with Gasteiger partial charge in [-0.05, 0) is 43.3 Å². The maximum absolute atomic E-state index is 13.3. The molecule has 0 saturated carbocycles. The van der Waals surface area contributed by atoms with E-state index in [2.05, 4.69) is 20.4 Å².